The molecule has 0 bridgehead atoms. The minimum atomic E-state index is -0.223. The summed E-state index contributed by atoms with van der Waals surface area (Å²) in [5.74, 6) is 2.00. The van der Waals surface area contributed by atoms with Crippen LogP contribution in [0.15, 0.2) is 60.2 Å². The van der Waals surface area contributed by atoms with Gasteiger partial charge in [0.1, 0.15) is 11.6 Å². The first-order valence-corrected chi connectivity index (χ1v) is 11.5. The number of aromatic nitrogens is 5. The molecule has 1 aliphatic rings. The molecule has 4 aromatic rings. The van der Waals surface area contributed by atoms with Gasteiger partial charge in [-0.1, -0.05) is 32.9 Å². The van der Waals surface area contributed by atoms with Crippen molar-refractivity contribution < 1.29 is 0 Å². The van der Waals surface area contributed by atoms with E-state index in [9.17, 15) is 4.79 Å². The lowest BCUT2D eigenvalue weighted by atomic mass is 9.96. The largest absolute Gasteiger partial charge is 0.340 e. The van der Waals surface area contributed by atoms with E-state index in [0.29, 0.717) is 29.4 Å². The molecule has 0 spiro atoms. The zero-order valence-electron chi connectivity index (χ0n) is 19.8. The lowest BCUT2D eigenvalue weighted by Gasteiger charge is -2.18. The highest BCUT2D eigenvalue weighted by molar-refractivity contribution is 5.82. The highest BCUT2D eigenvalue weighted by Crippen LogP contribution is 2.25. The number of rotatable bonds is 5. The van der Waals surface area contributed by atoms with Gasteiger partial charge in [0.05, 0.1) is 17.4 Å². The molecule has 4 heterocycles. The molecule has 2 N–H and O–H groups in total. The molecule has 0 saturated heterocycles. The van der Waals surface area contributed by atoms with Crippen LogP contribution in [-0.2, 0) is 24.9 Å². The van der Waals surface area contributed by atoms with E-state index in [0.717, 1.165) is 30.7 Å². The van der Waals surface area contributed by atoms with Crippen molar-refractivity contribution in [1.82, 2.24) is 29.6 Å². The Labute approximate surface area is 198 Å². The zero-order chi connectivity index (χ0) is 23.9. The van der Waals surface area contributed by atoms with Gasteiger partial charge in [0.15, 0.2) is 5.82 Å². The topological polar surface area (TPSA) is 89.7 Å². The van der Waals surface area contributed by atoms with Crippen LogP contribution in [0, 0.1) is 0 Å². The van der Waals surface area contributed by atoms with E-state index >= 15 is 0 Å². The van der Waals surface area contributed by atoms with Gasteiger partial charge in [-0.05, 0) is 36.2 Å². The van der Waals surface area contributed by atoms with E-state index in [1.165, 1.54) is 11.1 Å². The maximum atomic E-state index is 13.2. The quantitative estimate of drug-likeness (QED) is 0.445. The van der Waals surface area contributed by atoms with Gasteiger partial charge in [-0.15, -0.1) is 6.58 Å². The summed E-state index contributed by atoms with van der Waals surface area (Å²) < 4.78 is 3.46. The van der Waals surface area contributed by atoms with Gasteiger partial charge in [0.2, 0.25) is 0 Å². The Bertz CT molecular complexity index is 1440. The molecule has 0 amide bonds. The summed E-state index contributed by atoms with van der Waals surface area (Å²) in [5.41, 5.74) is 4.02. The molecule has 0 fully saturated rings. The van der Waals surface area contributed by atoms with E-state index in [2.05, 4.69) is 66.2 Å². The van der Waals surface area contributed by atoms with Crippen LogP contribution in [0.1, 0.15) is 37.7 Å². The Morgan fingerprint density at radius 1 is 1.18 bits per heavy atom. The van der Waals surface area contributed by atoms with Crippen LogP contribution in [0.2, 0.25) is 0 Å². The van der Waals surface area contributed by atoms with E-state index in [4.69, 9.17) is 4.98 Å². The zero-order valence-corrected chi connectivity index (χ0v) is 19.8. The number of pyridine rings is 1. The fourth-order valence-electron chi connectivity index (χ4n) is 4.28. The number of nitrogens with one attached hydrogen (secondary N) is 2. The summed E-state index contributed by atoms with van der Waals surface area (Å²) in [6.45, 7) is 12.3. The first-order chi connectivity index (χ1) is 16.3. The predicted molar refractivity (Wildman–Crippen MR) is 135 cm³/mol. The number of hydrogen-bond donors (Lipinski definition) is 2. The van der Waals surface area contributed by atoms with Crippen molar-refractivity contribution in [3.8, 4) is 5.82 Å². The molecule has 174 valence electrons. The second-order valence-electron chi connectivity index (χ2n) is 9.60. The third-order valence-corrected chi connectivity index (χ3v) is 6.01. The summed E-state index contributed by atoms with van der Waals surface area (Å²) in [5, 5.41) is 7.34. The first-order valence-electron chi connectivity index (χ1n) is 11.5. The van der Waals surface area contributed by atoms with Crippen molar-refractivity contribution in [1.29, 1.82) is 0 Å². The first kappa shape index (κ1) is 22.0. The summed E-state index contributed by atoms with van der Waals surface area (Å²) in [7, 11) is 0. The molecular weight excluding hydrogens is 426 g/mol. The minimum absolute atomic E-state index is 0.133. The average Bonchev–Trinajstić information content (AvgIpc) is 3.10. The van der Waals surface area contributed by atoms with Crippen molar-refractivity contribution in [2.24, 2.45) is 0 Å². The molecule has 8 nitrogen and oxygen atoms in total. The summed E-state index contributed by atoms with van der Waals surface area (Å²) in [6.07, 6.45) is 6.08. The fraction of sp³-hybridized carbons (Fsp3) is 0.308. The monoisotopic (exact) mass is 455 g/mol. The Kier molecular flexibility index (Phi) is 5.53. The highest BCUT2D eigenvalue weighted by Gasteiger charge is 2.21. The third-order valence-electron chi connectivity index (χ3n) is 6.01. The molecular formula is C26H29N7O. The van der Waals surface area contributed by atoms with Gasteiger partial charge in [-0.3, -0.25) is 4.79 Å². The Hall–Kier alpha value is -3.78. The molecule has 3 aromatic heterocycles. The maximum Gasteiger partial charge on any atom is 0.276 e. The number of nitrogens with zero attached hydrogens (tertiary/aromatic N) is 5. The molecule has 34 heavy (non-hydrogen) atoms. The number of allylic oxidation sites excluding steroid dienone is 1. The summed E-state index contributed by atoms with van der Waals surface area (Å²) in [4.78, 5) is 27.0. The van der Waals surface area contributed by atoms with Gasteiger partial charge in [0, 0.05) is 42.2 Å². The van der Waals surface area contributed by atoms with E-state index < -0.39 is 0 Å². The van der Waals surface area contributed by atoms with Crippen molar-refractivity contribution in [2.75, 3.05) is 11.9 Å². The smallest absolute Gasteiger partial charge is 0.276 e. The Morgan fingerprint density at radius 3 is 2.82 bits per heavy atom. The van der Waals surface area contributed by atoms with Crippen LogP contribution < -0.4 is 16.2 Å². The van der Waals surface area contributed by atoms with Crippen molar-refractivity contribution in [3.63, 3.8) is 0 Å². The molecule has 0 saturated carbocycles. The van der Waals surface area contributed by atoms with Crippen molar-refractivity contribution in [3.05, 3.63) is 82.7 Å². The van der Waals surface area contributed by atoms with Gasteiger partial charge in [-0.2, -0.15) is 0 Å². The Morgan fingerprint density at radius 2 is 2.03 bits per heavy atom. The van der Waals surface area contributed by atoms with Crippen LogP contribution in [0.4, 0.5) is 11.5 Å². The number of hydrogen-bond acceptors (Lipinski definition) is 6. The summed E-state index contributed by atoms with van der Waals surface area (Å²) in [6, 6.07) is 10.1. The van der Waals surface area contributed by atoms with Crippen LogP contribution in [-0.4, -0.2) is 30.9 Å². The van der Waals surface area contributed by atoms with Gasteiger partial charge in [-0.25, -0.2) is 24.3 Å². The van der Waals surface area contributed by atoms with E-state index in [-0.39, 0.29) is 11.0 Å². The number of fused-ring (bicyclic) bond motifs is 2. The van der Waals surface area contributed by atoms with Crippen LogP contribution in [0.3, 0.4) is 0 Å². The van der Waals surface area contributed by atoms with Gasteiger partial charge in [0.25, 0.3) is 5.56 Å². The molecule has 5 rings (SSSR count). The van der Waals surface area contributed by atoms with E-state index in [1.807, 2.05) is 16.8 Å². The fourth-order valence-corrected chi connectivity index (χ4v) is 4.28. The minimum Gasteiger partial charge on any atom is -0.340 e. The van der Waals surface area contributed by atoms with Crippen molar-refractivity contribution >= 4 is 22.4 Å². The average molecular weight is 456 g/mol. The number of benzene rings is 1. The SMILES string of the molecule is C=CCn1c(=O)c2cnc(Nc3ccc4c(c3)CCNC4)cc2n1-c1ccnc(C(C)(C)C)n1. The lowest BCUT2D eigenvalue weighted by Crippen LogP contribution is -2.23. The molecule has 8 heteroatoms. The van der Waals surface area contributed by atoms with Crippen LogP contribution in [0.5, 0.6) is 0 Å². The molecule has 1 aliphatic heterocycles. The molecule has 0 radical (unpaired) electrons. The van der Waals surface area contributed by atoms with Crippen LogP contribution in [0.25, 0.3) is 16.7 Å². The normalized spacial score (nSPS) is 13.6. The molecule has 0 atom stereocenters. The maximum absolute atomic E-state index is 13.2. The highest BCUT2D eigenvalue weighted by atomic mass is 16.1. The number of anilines is 2. The molecule has 0 unspecified atom stereocenters. The lowest BCUT2D eigenvalue weighted by molar-refractivity contribution is 0.534. The standard InChI is InChI=1S/C26H29N7O/c1-5-12-32-24(34)20-16-29-22(30-19-7-6-18-15-27-10-8-17(18)13-19)14-21(20)33(32)23-9-11-28-25(31-23)26(2,3)4/h5-7,9,11,13-14,16,27H,1,8,10,12,15H2,2-4H3,(H,29,30). The second kappa shape index (κ2) is 8.53. The predicted octanol–water partition coefficient (Wildman–Crippen LogP) is 3.85. The summed E-state index contributed by atoms with van der Waals surface area (Å²) >= 11 is 0. The van der Waals surface area contributed by atoms with Gasteiger partial charge < -0.3 is 10.6 Å². The molecule has 0 aliphatic carbocycles. The van der Waals surface area contributed by atoms with E-state index in [1.54, 1.807) is 23.2 Å². The third kappa shape index (κ3) is 4.01. The second-order valence-corrected chi connectivity index (χ2v) is 9.60. The Balaban J connectivity index is 1.62. The van der Waals surface area contributed by atoms with Crippen molar-refractivity contribution in [2.45, 2.75) is 45.7 Å². The molecule has 1 aromatic carbocycles. The van der Waals surface area contributed by atoms with Crippen LogP contribution >= 0.6 is 0 Å². The van der Waals surface area contributed by atoms with Gasteiger partial charge >= 0.3 is 0 Å².